The molecule has 6 heteroatoms. The average molecular weight is 260 g/mol. The Balaban J connectivity index is 2.29. The number of aliphatic imine (C=N–C) groups is 1. The van der Waals surface area contributed by atoms with Gasteiger partial charge in [-0.3, -0.25) is 15.1 Å². The summed E-state index contributed by atoms with van der Waals surface area (Å²) in [5.74, 6) is -0.820. The monoisotopic (exact) mass is 260 g/mol. The van der Waals surface area contributed by atoms with Gasteiger partial charge in [0.1, 0.15) is 5.82 Å². The lowest BCUT2D eigenvalue weighted by Gasteiger charge is -1.98. The molecule has 1 N–H and O–H groups in total. The number of nitro benzene ring substituents is 1. The maximum Gasteiger partial charge on any atom is 0.311 e. The highest BCUT2D eigenvalue weighted by Crippen LogP contribution is 2.25. The molecule has 0 unspecified atom stereocenters. The van der Waals surface area contributed by atoms with Crippen molar-refractivity contribution in [1.29, 1.82) is 0 Å². The summed E-state index contributed by atoms with van der Waals surface area (Å²) in [7, 11) is 0. The van der Waals surface area contributed by atoms with E-state index in [1.54, 1.807) is 6.07 Å². The first kappa shape index (κ1) is 12.7. The Hall–Kier alpha value is -2.76. The van der Waals surface area contributed by atoms with Gasteiger partial charge < -0.3 is 5.11 Å². The summed E-state index contributed by atoms with van der Waals surface area (Å²) < 4.78 is 12.9. The molecule has 0 amide bonds. The highest BCUT2D eigenvalue weighted by molar-refractivity contribution is 5.83. The summed E-state index contributed by atoms with van der Waals surface area (Å²) in [4.78, 5) is 14.0. The van der Waals surface area contributed by atoms with Crippen molar-refractivity contribution in [3.8, 4) is 5.75 Å². The van der Waals surface area contributed by atoms with Gasteiger partial charge in [-0.05, 0) is 35.9 Å². The van der Waals surface area contributed by atoms with Crippen LogP contribution < -0.4 is 0 Å². The molecule has 5 nitrogen and oxygen atoms in total. The molecule has 0 radical (unpaired) electrons. The summed E-state index contributed by atoms with van der Waals surface area (Å²) in [5, 5.41) is 19.9. The van der Waals surface area contributed by atoms with E-state index in [1.807, 2.05) is 0 Å². The van der Waals surface area contributed by atoms with Crippen LogP contribution in [0.3, 0.4) is 0 Å². The van der Waals surface area contributed by atoms with Crippen LogP contribution in [0.4, 0.5) is 15.8 Å². The van der Waals surface area contributed by atoms with Crippen molar-refractivity contribution in [3.05, 3.63) is 64.0 Å². The normalized spacial score (nSPS) is 10.8. The van der Waals surface area contributed by atoms with E-state index >= 15 is 0 Å². The summed E-state index contributed by atoms with van der Waals surface area (Å²) in [6, 6.07) is 9.54. The molecule has 0 heterocycles. The number of halogens is 1. The standard InChI is InChI=1S/C13H9FN2O3/c14-10-2-1-3-11(7-10)15-8-9-4-5-13(17)12(6-9)16(18)19/h1-8,17H. The fraction of sp³-hybridized carbons (Fsp3) is 0. The van der Waals surface area contributed by atoms with Crippen LogP contribution in [-0.4, -0.2) is 16.2 Å². The van der Waals surface area contributed by atoms with Gasteiger partial charge in [-0.25, -0.2) is 4.39 Å². The highest BCUT2D eigenvalue weighted by atomic mass is 19.1. The fourth-order valence-corrected chi connectivity index (χ4v) is 1.47. The third-order valence-electron chi connectivity index (χ3n) is 2.37. The minimum Gasteiger partial charge on any atom is -0.502 e. The van der Waals surface area contributed by atoms with Crippen LogP contribution in [0.5, 0.6) is 5.75 Å². The van der Waals surface area contributed by atoms with Gasteiger partial charge in [0.25, 0.3) is 0 Å². The largest absolute Gasteiger partial charge is 0.502 e. The predicted octanol–water partition coefficient (Wildman–Crippen LogP) is 3.19. The molecule has 0 aliphatic carbocycles. The Morgan fingerprint density at radius 1 is 1.26 bits per heavy atom. The van der Waals surface area contributed by atoms with E-state index in [2.05, 4.69) is 4.99 Å². The molecule has 0 atom stereocenters. The SMILES string of the molecule is O=[N+]([O-])c1cc(C=Nc2cccc(F)c2)ccc1O. The smallest absolute Gasteiger partial charge is 0.311 e. The molecule has 0 spiro atoms. The Morgan fingerprint density at radius 3 is 2.74 bits per heavy atom. The van der Waals surface area contributed by atoms with Gasteiger partial charge in [0.05, 0.1) is 10.6 Å². The Bertz CT molecular complexity index is 656. The molecule has 0 aliphatic rings. The zero-order valence-electron chi connectivity index (χ0n) is 9.65. The number of nitro groups is 1. The molecule has 0 bridgehead atoms. The lowest BCUT2D eigenvalue weighted by molar-refractivity contribution is -0.385. The van der Waals surface area contributed by atoms with E-state index < -0.39 is 22.2 Å². The fourth-order valence-electron chi connectivity index (χ4n) is 1.47. The number of nitrogens with zero attached hydrogens (tertiary/aromatic N) is 2. The zero-order valence-corrected chi connectivity index (χ0v) is 9.65. The maximum absolute atomic E-state index is 12.9. The van der Waals surface area contributed by atoms with E-state index in [9.17, 15) is 19.6 Å². The Labute approximate surface area is 107 Å². The number of benzene rings is 2. The average Bonchev–Trinajstić information content (AvgIpc) is 2.37. The van der Waals surface area contributed by atoms with Crippen molar-refractivity contribution in [2.24, 2.45) is 4.99 Å². The summed E-state index contributed by atoms with van der Waals surface area (Å²) >= 11 is 0. The second kappa shape index (κ2) is 5.26. The number of phenolic OH excluding ortho intramolecular Hbond substituents is 1. The third kappa shape index (κ3) is 3.12. The van der Waals surface area contributed by atoms with E-state index in [0.29, 0.717) is 11.3 Å². The number of aromatic hydroxyl groups is 1. The number of rotatable bonds is 3. The Morgan fingerprint density at radius 2 is 2.05 bits per heavy atom. The van der Waals surface area contributed by atoms with Crippen molar-refractivity contribution >= 4 is 17.6 Å². The van der Waals surface area contributed by atoms with Crippen LogP contribution in [0.1, 0.15) is 5.56 Å². The van der Waals surface area contributed by atoms with Gasteiger partial charge in [-0.15, -0.1) is 0 Å². The van der Waals surface area contributed by atoms with Gasteiger partial charge in [-0.1, -0.05) is 6.07 Å². The molecule has 0 saturated carbocycles. The van der Waals surface area contributed by atoms with Crippen LogP contribution in [0.15, 0.2) is 47.5 Å². The van der Waals surface area contributed by atoms with E-state index in [4.69, 9.17) is 0 Å². The van der Waals surface area contributed by atoms with Crippen LogP contribution in [0.2, 0.25) is 0 Å². The first-order chi connectivity index (χ1) is 9.06. The molecule has 0 aliphatic heterocycles. The zero-order chi connectivity index (χ0) is 13.8. The third-order valence-corrected chi connectivity index (χ3v) is 2.37. The minimum absolute atomic E-state index is 0.399. The molecule has 19 heavy (non-hydrogen) atoms. The molecule has 2 rings (SSSR count). The molecule has 0 saturated heterocycles. The van der Waals surface area contributed by atoms with Crippen LogP contribution in [-0.2, 0) is 0 Å². The Kier molecular flexibility index (Phi) is 3.51. The van der Waals surface area contributed by atoms with Crippen molar-refractivity contribution in [2.45, 2.75) is 0 Å². The number of phenols is 1. The first-order valence-corrected chi connectivity index (χ1v) is 5.33. The second-order valence-electron chi connectivity index (χ2n) is 3.74. The molecule has 0 aromatic heterocycles. The second-order valence-corrected chi connectivity index (χ2v) is 3.74. The van der Waals surface area contributed by atoms with Gasteiger partial charge in [0.2, 0.25) is 0 Å². The summed E-state index contributed by atoms with van der Waals surface area (Å²) in [5.41, 5.74) is 0.438. The molecule has 0 fully saturated rings. The number of hydrogen-bond acceptors (Lipinski definition) is 4. The molecule has 2 aromatic rings. The summed E-state index contributed by atoms with van der Waals surface area (Å²) in [6.45, 7) is 0. The van der Waals surface area contributed by atoms with E-state index in [0.717, 1.165) is 0 Å². The van der Waals surface area contributed by atoms with E-state index in [-0.39, 0.29) is 0 Å². The highest BCUT2D eigenvalue weighted by Gasteiger charge is 2.12. The van der Waals surface area contributed by atoms with Crippen molar-refractivity contribution in [1.82, 2.24) is 0 Å². The molecular formula is C13H9FN2O3. The van der Waals surface area contributed by atoms with Crippen LogP contribution >= 0.6 is 0 Å². The van der Waals surface area contributed by atoms with Gasteiger partial charge in [0, 0.05) is 12.3 Å². The van der Waals surface area contributed by atoms with Crippen molar-refractivity contribution in [3.63, 3.8) is 0 Å². The lowest BCUT2D eigenvalue weighted by Crippen LogP contribution is -1.90. The minimum atomic E-state index is -0.686. The quantitative estimate of drug-likeness (QED) is 0.523. The summed E-state index contributed by atoms with van der Waals surface area (Å²) in [6.07, 6.45) is 1.36. The molecule has 2 aromatic carbocycles. The van der Waals surface area contributed by atoms with Gasteiger partial charge in [-0.2, -0.15) is 0 Å². The molecule has 96 valence electrons. The number of hydrogen-bond donors (Lipinski definition) is 1. The van der Waals surface area contributed by atoms with Crippen molar-refractivity contribution < 1.29 is 14.4 Å². The van der Waals surface area contributed by atoms with Gasteiger partial charge in [0.15, 0.2) is 5.75 Å². The van der Waals surface area contributed by atoms with Crippen LogP contribution in [0.25, 0.3) is 0 Å². The topological polar surface area (TPSA) is 75.7 Å². The van der Waals surface area contributed by atoms with E-state index in [1.165, 1.54) is 42.6 Å². The van der Waals surface area contributed by atoms with Crippen molar-refractivity contribution in [2.75, 3.05) is 0 Å². The predicted molar refractivity (Wildman–Crippen MR) is 68.4 cm³/mol. The van der Waals surface area contributed by atoms with Crippen LogP contribution in [0, 0.1) is 15.9 Å². The van der Waals surface area contributed by atoms with Gasteiger partial charge >= 0.3 is 5.69 Å². The molecular weight excluding hydrogens is 251 g/mol. The first-order valence-electron chi connectivity index (χ1n) is 5.33. The maximum atomic E-state index is 12.9. The lowest BCUT2D eigenvalue weighted by atomic mass is 10.2.